The largest absolute Gasteiger partial charge is 0.375 e. The van der Waals surface area contributed by atoms with E-state index in [-0.39, 0.29) is 5.91 Å². The van der Waals surface area contributed by atoms with Gasteiger partial charge < -0.3 is 15.5 Å². The number of nitrogens with zero attached hydrogens (tertiary/aromatic N) is 2. The molecule has 2 N–H and O–H groups in total. The zero-order valence-corrected chi connectivity index (χ0v) is 10.0. The van der Waals surface area contributed by atoms with Crippen molar-refractivity contribution in [2.24, 2.45) is 0 Å². The Morgan fingerprint density at radius 3 is 3.18 bits per heavy atom. The Bertz CT molecular complexity index is 368. The molecule has 0 aliphatic carbocycles. The number of anilines is 1. The Kier molecular flexibility index (Phi) is 3.93. The minimum absolute atomic E-state index is 0.0363. The number of carbonyl (C=O) groups is 1. The summed E-state index contributed by atoms with van der Waals surface area (Å²) in [5.74, 6) is 0.0363. The average molecular weight is 234 g/mol. The van der Waals surface area contributed by atoms with Crippen molar-refractivity contribution in [3.63, 3.8) is 0 Å². The van der Waals surface area contributed by atoms with Gasteiger partial charge in [-0.3, -0.25) is 9.78 Å². The Morgan fingerprint density at radius 1 is 1.65 bits per heavy atom. The molecule has 0 bridgehead atoms. The van der Waals surface area contributed by atoms with Crippen molar-refractivity contribution in [2.75, 3.05) is 32.0 Å². The number of aromatic nitrogens is 1. The minimum atomic E-state index is 0.0363. The number of amides is 1. The molecule has 1 aromatic rings. The van der Waals surface area contributed by atoms with E-state index in [1.54, 1.807) is 12.4 Å². The molecule has 92 valence electrons. The van der Waals surface area contributed by atoms with Gasteiger partial charge in [0, 0.05) is 25.0 Å². The molecule has 1 saturated heterocycles. The molecule has 1 atom stereocenters. The summed E-state index contributed by atoms with van der Waals surface area (Å²) in [6, 6.07) is 4.03. The molecule has 0 saturated carbocycles. The van der Waals surface area contributed by atoms with Crippen LogP contribution >= 0.6 is 0 Å². The van der Waals surface area contributed by atoms with Crippen LogP contribution in [0.25, 0.3) is 0 Å². The van der Waals surface area contributed by atoms with Crippen LogP contribution in [0.4, 0.5) is 5.69 Å². The highest BCUT2D eigenvalue weighted by Gasteiger charge is 2.20. The van der Waals surface area contributed by atoms with Gasteiger partial charge in [0.2, 0.25) is 5.91 Å². The quantitative estimate of drug-likeness (QED) is 0.787. The van der Waals surface area contributed by atoms with Gasteiger partial charge >= 0.3 is 0 Å². The lowest BCUT2D eigenvalue weighted by atomic mass is 10.2. The zero-order chi connectivity index (χ0) is 12.1. The number of pyridine rings is 1. The van der Waals surface area contributed by atoms with Crippen molar-refractivity contribution < 1.29 is 4.79 Å². The molecule has 0 unspecified atom stereocenters. The van der Waals surface area contributed by atoms with E-state index in [2.05, 4.69) is 27.6 Å². The fourth-order valence-electron chi connectivity index (χ4n) is 1.98. The first-order chi connectivity index (χ1) is 8.24. The standard InChI is InChI=1S/C12H18N4O/c1-16-6-4-11(9-16)15-12(17)8-14-10-3-2-5-13-7-10/h2-3,5,7,11,14H,4,6,8-9H2,1H3,(H,15,17)/t11-/m1/s1. The number of rotatable bonds is 4. The van der Waals surface area contributed by atoms with Gasteiger partial charge in [0.25, 0.3) is 0 Å². The lowest BCUT2D eigenvalue weighted by Crippen LogP contribution is -2.39. The van der Waals surface area contributed by atoms with E-state index < -0.39 is 0 Å². The predicted molar refractivity (Wildman–Crippen MR) is 66.8 cm³/mol. The molecule has 17 heavy (non-hydrogen) atoms. The van der Waals surface area contributed by atoms with Crippen LogP contribution < -0.4 is 10.6 Å². The van der Waals surface area contributed by atoms with E-state index in [0.29, 0.717) is 12.6 Å². The summed E-state index contributed by atoms with van der Waals surface area (Å²) in [5.41, 5.74) is 0.867. The molecule has 0 radical (unpaired) electrons. The maximum atomic E-state index is 11.7. The van der Waals surface area contributed by atoms with E-state index in [9.17, 15) is 4.79 Å². The third-order valence-electron chi connectivity index (χ3n) is 2.87. The summed E-state index contributed by atoms with van der Waals surface area (Å²) in [4.78, 5) is 17.9. The summed E-state index contributed by atoms with van der Waals surface area (Å²) < 4.78 is 0. The van der Waals surface area contributed by atoms with Crippen molar-refractivity contribution in [1.29, 1.82) is 0 Å². The monoisotopic (exact) mass is 234 g/mol. The normalized spacial score (nSPS) is 20.2. The first kappa shape index (κ1) is 11.9. The SMILES string of the molecule is CN1CC[C@@H](NC(=O)CNc2cccnc2)C1. The lowest BCUT2D eigenvalue weighted by Gasteiger charge is -2.13. The second-order valence-electron chi connectivity index (χ2n) is 4.41. The fraction of sp³-hybridized carbons (Fsp3) is 0.500. The van der Waals surface area contributed by atoms with E-state index >= 15 is 0 Å². The number of likely N-dealkylation sites (N-methyl/N-ethyl adjacent to an activating group) is 1. The van der Waals surface area contributed by atoms with Crippen LogP contribution in [-0.4, -0.2) is 48.5 Å². The lowest BCUT2D eigenvalue weighted by molar-refractivity contribution is -0.120. The first-order valence-electron chi connectivity index (χ1n) is 5.86. The van der Waals surface area contributed by atoms with Crippen LogP contribution in [0.15, 0.2) is 24.5 Å². The molecule has 0 aromatic carbocycles. The topological polar surface area (TPSA) is 57.3 Å². The van der Waals surface area contributed by atoms with E-state index in [1.165, 1.54) is 0 Å². The van der Waals surface area contributed by atoms with Gasteiger partial charge in [-0.15, -0.1) is 0 Å². The van der Waals surface area contributed by atoms with Crippen molar-refractivity contribution in [2.45, 2.75) is 12.5 Å². The molecule has 1 amide bonds. The van der Waals surface area contributed by atoms with Gasteiger partial charge in [-0.2, -0.15) is 0 Å². The smallest absolute Gasteiger partial charge is 0.239 e. The summed E-state index contributed by atoms with van der Waals surface area (Å²) in [5, 5.41) is 6.06. The average Bonchev–Trinajstić information content (AvgIpc) is 2.73. The number of nitrogens with one attached hydrogen (secondary N) is 2. The molecule has 5 heteroatoms. The Labute approximate surface area is 101 Å². The highest BCUT2D eigenvalue weighted by atomic mass is 16.2. The molecule has 5 nitrogen and oxygen atoms in total. The molecule has 1 aromatic heterocycles. The number of hydrogen-bond acceptors (Lipinski definition) is 4. The van der Waals surface area contributed by atoms with Gasteiger partial charge in [-0.25, -0.2) is 0 Å². The third kappa shape index (κ3) is 3.71. The Balaban J connectivity index is 1.71. The van der Waals surface area contributed by atoms with Crippen molar-refractivity contribution in [3.8, 4) is 0 Å². The molecule has 2 rings (SSSR count). The third-order valence-corrected chi connectivity index (χ3v) is 2.87. The maximum absolute atomic E-state index is 11.7. The minimum Gasteiger partial charge on any atom is -0.375 e. The van der Waals surface area contributed by atoms with E-state index in [0.717, 1.165) is 25.2 Å². The van der Waals surface area contributed by atoms with Crippen LogP contribution in [0.1, 0.15) is 6.42 Å². The second-order valence-corrected chi connectivity index (χ2v) is 4.41. The van der Waals surface area contributed by atoms with Crippen LogP contribution in [-0.2, 0) is 4.79 Å². The molecule has 0 spiro atoms. The van der Waals surface area contributed by atoms with Crippen LogP contribution in [0.2, 0.25) is 0 Å². The molecule has 1 fully saturated rings. The first-order valence-corrected chi connectivity index (χ1v) is 5.86. The molecule has 2 heterocycles. The molecule has 1 aliphatic heterocycles. The second kappa shape index (κ2) is 5.63. The summed E-state index contributed by atoms with van der Waals surface area (Å²) in [7, 11) is 2.07. The highest BCUT2D eigenvalue weighted by molar-refractivity contribution is 5.80. The number of hydrogen-bond donors (Lipinski definition) is 2. The molecule has 1 aliphatic rings. The van der Waals surface area contributed by atoms with E-state index in [1.807, 2.05) is 12.1 Å². The van der Waals surface area contributed by atoms with Gasteiger partial charge in [0.1, 0.15) is 0 Å². The van der Waals surface area contributed by atoms with Gasteiger partial charge in [-0.1, -0.05) is 0 Å². The number of likely N-dealkylation sites (tertiary alicyclic amines) is 1. The van der Waals surface area contributed by atoms with Crippen molar-refractivity contribution in [1.82, 2.24) is 15.2 Å². The fourth-order valence-corrected chi connectivity index (χ4v) is 1.98. The highest BCUT2D eigenvalue weighted by Crippen LogP contribution is 2.06. The maximum Gasteiger partial charge on any atom is 0.239 e. The van der Waals surface area contributed by atoms with Crippen LogP contribution in [0.5, 0.6) is 0 Å². The van der Waals surface area contributed by atoms with Crippen LogP contribution in [0, 0.1) is 0 Å². The predicted octanol–water partition coefficient (Wildman–Crippen LogP) is 0.314. The Morgan fingerprint density at radius 2 is 2.53 bits per heavy atom. The van der Waals surface area contributed by atoms with Gasteiger partial charge in [0.15, 0.2) is 0 Å². The summed E-state index contributed by atoms with van der Waals surface area (Å²) >= 11 is 0. The number of carbonyl (C=O) groups excluding carboxylic acids is 1. The van der Waals surface area contributed by atoms with Gasteiger partial charge in [0.05, 0.1) is 12.2 Å². The zero-order valence-electron chi connectivity index (χ0n) is 10.0. The Hall–Kier alpha value is -1.62. The summed E-state index contributed by atoms with van der Waals surface area (Å²) in [6.45, 7) is 2.30. The van der Waals surface area contributed by atoms with E-state index in [4.69, 9.17) is 0 Å². The van der Waals surface area contributed by atoms with Crippen LogP contribution in [0.3, 0.4) is 0 Å². The van der Waals surface area contributed by atoms with Gasteiger partial charge in [-0.05, 0) is 32.1 Å². The molecular formula is C12H18N4O. The van der Waals surface area contributed by atoms with Crippen molar-refractivity contribution >= 4 is 11.6 Å². The summed E-state index contributed by atoms with van der Waals surface area (Å²) in [6.07, 6.45) is 4.45. The van der Waals surface area contributed by atoms with Crippen molar-refractivity contribution in [3.05, 3.63) is 24.5 Å². The molecular weight excluding hydrogens is 216 g/mol.